The Hall–Kier alpha value is -2.67. The van der Waals surface area contributed by atoms with Crippen LogP contribution in [0.25, 0.3) is 11.3 Å². The Morgan fingerprint density at radius 2 is 1.66 bits per heavy atom. The van der Waals surface area contributed by atoms with E-state index in [0.29, 0.717) is 32.2 Å². The van der Waals surface area contributed by atoms with Crippen LogP contribution in [0.5, 0.6) is 0 Å². The average Bonchev–Trinajstić information content (AvgIpc) is 3.28. The molecule has 0 saturated carbocycles. The van der Waals surface area contributed by atoms with Crippen LogP contribution in [0.1, 0.15) is 44.2 Å². The predicted molar refractivity (Wildman–Crippen MR) is 140 cm³/mol. The molecule has 1 N–H and O–H groups in total. The molecule has 3 aromatic rings. The average molecular weight is 478 g/mol. The predicted octanol–water partition coefficient (Wildman–Crippen LogP) is 5.37. The van der Waals surface area contributed by atoms with Crippen LogP contribution in [-0.2, 0) is 17.9 Å². The number of anilines is 1. The smallest absolute Gasteiger partial charge is 0.232 e. The van der Waals surface area contributed by atoms with Crippen LogP contribution in [0, 0.1) is 5.92 Å². The fourth-order valence-corrected chi connectivity index (χ4v) is 4.79. The van der Waals surface area contributed by atoms with Crippen molar-refractivity contribution in [1.82, 2.24) is 10.1 Å². The monoisotopic (exact) mass is 477 g/mol. The van der Waals surface area contributed by atoms with Gasteiger partial charge in [0.15, 0.2) is 0 Å². The van der Waals surface area contributed by atoms with Gasteiger partial charge in [-0.15, -0.1) is 0 Å². The van der Waals surface area contributed by atoms with Gasteiger partial charge in [0.1, 0.15) is 5.69 Å². The molecule has 1 saturated heterocycles. The first-order chi connectivity index (χ1) is 17.1. The molecule has 0 bridgehead atoms. The first kappa shape index (κ1) is 25.4. The number of hydrogen-bond donors (Lipinski definition) is 1. The van der Waals surface area contributed by atoms with Gasteiger partial charge in [-0.1, -0.05) is 79.7 Å². The summed E-state index contributed by atoms with van der Waals surface area (Å²) in [6.07, 6.45) is 3.04. The number of aliphatic hydroxyl groups is 1. The summed E-state index contributed by atoms with van der Waals surface area (Å²) in [5.41, 5.74) is 4.18. The summed E-state index contributed by atoms with van der Waals surface area (Å²) in [5.74, 6) is 1.35. The van der Waals surface area contributed by atoms with E-state index in [9.17, 15) is 5.11 Å². The van der Waals surface area contributed by atoms with Crippen molar-refractivity contribution >= 4 is 5.88 Å². The molecule has 0 spiro atoms. The van der Waals surface area contributed by atoms with Crippen molar-refractivity contribution in [2.24, 2.45) is 5.92 Å². The highest BCUT2D eigenvalue weighted by molar-refractivity contribution is 5.68. The van der Waals surface area contributed by atoms with Crippen LogP contribution in [-0.4, -0.2) is 54.1 Å². The number of aromatic nitrogens is 1. The van der Waals surface area contributed by atoms with Gasteiger partial charge in [-0.25, -0.2) is 0 Å². The molecular formula is C29H39N3O3. The normalized spacial score (nSPS) is 15.2. The van der Waals surface area contributed by atoms with Crippen LogP contribution in [0.15, 0.2) is 65.2 Å². The summed E-state index contributed by atoms with van der Waals surface area (Å²) in [6.45, 7) is 9.30. The van der Waals surface area contributed by atoms with Gasteiger partial charge in [-0.05, 0) is 30.7 Å². The molecule has 2 heterocycles. The number of aliphatic hydroxyl groups excluding tert-OH is 1. The molecule has 0 radical (unpaired) electrons. The van der Waals surface area contributed by atoms with E-state index in [1.54, 1.807) is 0 Å². The van der Waals surface area contributed by atoms with E-state index < -0.39 is 6.10 Å². The van der Waals surface area contributed by atoms with Gasteiger partial charge in [0.05, 0.1) is 24.9 Å². The molecule has 6 heteroatoms. The third-order valence-corrected chi connectivity index (χ3v) is 6.35. The number of ether oxygens (including phenoxy) is 1. The largest absolute Gasteiger partial charge is 0.389 e. The van der Waals surface area contributed by atoms with Crippen LogP contribution in [0.4, 0.5) is 5.88 Å². The van der Waals surface area contributed by atoms with Crippen molar-refractivity contribution in [3.63, 3.8) is 0 Å². The fourth-order valence-electron chi connectivity index (χ4n) is 4.79. The second kappa shape index (κ2) is 12.9. The van der Waals surface area contributed by atoms with Crippen molar-refractivity contribution in [2.75, 3.05) is 37.7 Å². The lowest BCUT2D eigenvalue weighted by Crippen LogP contribution is -2.37. The van der Waals surface area contributed by atoms with Gasteiger partial charge in [0.25, 0.3) is 0 Å². The molecule has 1 aliphatic heterocycles. The molecule has 1 aromatic heterocycles. The van der Waals surface area contributed by atoms with Gasteiger partial charge in [0.2, 0.25) is 5.88 Å². The maximum Gasteiger partial charge on any atom is 0.232 e. The second-order valence-corrected chi connectivity index (χ2v) is 9.97. The minimum absolute atomic E-state index is 0.303. The summed E-state index contributed by atoms with van der Waals surface area (Å²) in [7, 11) is 0. The van der Waals surface area contributed by atoms with Crippen molar-refractivity contribution in [3.05, 3.63) is 71.8 Å². The molecule has 0 aliphatic carbocycles. The fraction of sp³-hybridized carbons (Fsp3) is 0.483. The highest BCUT2D eigenvalue weighted by Gasteiger charge is 2.26. The van der Waals surface area contributed by atoms with Crippen LogP contribution < -0.4 is 4.90 Å². The zero-order valence-electron chi connectivity index (χ0n) is 21.1. The first-order valence-corrected chi connectivity index (χ1v) is 12.9. The first-order valence-electron chi connectivity index (χ1n) is 12.9. The Morgan fingerprint density at radius 1 is 0.971 bits per heavy atom. The second-order valence-electron chi connectivity index (χ2n) is 9.97. The third-order valence-electron chi connectivity index (χ3n) is 6.35. The molecule has 1 atom stereocenters. The number of piperidine rings is 1. The van der Waals surface area contributed by atoms with Crippen molar-refractivity contribution < 1.29 is 14.4 Å². The van der Waals surface area contributed by atoms with Gasteiger partial charge >= 0.3 is 0 Å². The molecule has 188 valence electrons. The SMILES string of the molecule is CC(C)CN(Cc1c(-c2ccccc2)noc1N1CCCCC1)C[C@@H](O)COCc1ccccc1. The molecule has 1 aliphatic rings. The molecule has 2 aromatic carbocycles. The van der Waals surface area contributed by atoms with Gasteiger partial charge in [-0.2, -0.15) is 0 Å². The van der Waals surface area contributed by atoms with Crippen molar-refractivity contribution in [2.45, 2.75) is 52.4 Å². The summed E-state index contributed by atoms with van der Waals surface area (Å²) < 4.78 is 11.8. The number of nitrogens with zero attached hydrogens (tertiary/aromatic N) is 3. The van der Waals surface area contributed by atoms with E-state index in [-0.39, 0.29) is 0 Å². The molecular weight excluding hydrogens is 438 g/mol. The van der Waals surface area contributed by atoms with Crippen molar-refractivity contribution in [1.29, 1.82) is 0 Å². The van der Waals surface area contributed by atoms with E-state index in [2.05, 4.69) is 40.9 Å². The zero-order chi connectivity index (χ0) is 24.5. The standard InChI is InChI=1S/C29H39N3O3/c1-23(2)18-31(19-26(33)22-34-21-24-12-6-3-7-13-24)20-27-28(25-14-8-4-9-15-25)30-35-29(27)32-16-10-5-11-17-32/h3-4,6-9,12-15,23,26,33H,5,10-11,16-22H2,1-2H3/t26-/m1/s1. The van der Waals surface area contributed by atoms with E-state index >= 15 is 0 Å². The molecule has 35 heavy (non-hydrogen) atoms. The maximum absolute atomic E-state index is 10.8. The number of rotatable bonds is 12. The summed E-state index contributed by atoms with van der Waals surface area (Å²) in [4.78, 5) is 4.65. The lowest BCUT2D eigenvalue weighted by Gasteiger charge is -2.30. The molecule has 6 nitrogen and oxygen atoms in total. The minimum atomic E-state index is -0.573. The van der Waals surface area contributed by atoms with E-state index in [1.165, 1.54) is 19.3 Å². The molecule has 0 unspecified atom stereocenters. The van der Waals surface area contributed by atoms with Gasteiger partial charge < -0.3 is 19.3 Å². The topological polar surface area (TPSA) is 62.0 Å². The number of hydrogen-bond acceptors (Lipinski definition) is 6. The van der Waals surface area contributed by atoms with Crippen LogP contribution in [0.2, 0.25) is 0 Å². The lowest BCUT2D eigenvalue weighted by molar-refractivity contribution is 0.00680. The minimum Gasteiger partial charge on any atom is -0.389 e. The van der Waals surface area contributed by atoms with Crippen LogP contribution in [0.3, 0.4) is 0 Å². The Balaban J connectivity index is 1.49. The van der Waals surface area contributed by atoms with E-state index in [1.807, 2.05) is 48.5 Å². The highest BCUT2D eigenvalue weighted by Crippen LogP contribution is 2.34. The Bertz CT molecular complexity index is 1000. The van der Waals surface area contributed by atoms with Gasteiger partial charge in [0, 0.05) is 38.3 Å². The van der Waals surface area contributed by atoms with Gasteiger partial charge in [-0.3, -0.25) is 4.90 Å². The lowest BCUT2D eigenvalue weighted by atomic mass is 10.0. The quantitative estimate of drug-likeness (QED) is 0.379. The molecule has 4 rings (SSSR count). The summed E-state index contributed by atoms with van der Waals surface area (Å²) in [5, 5.41) is 15.4. The maximum atomic E-state index is 10.8. The van der Waals surface area contributed by atoms with E-state index in [4.69, 9.17) is 9.26 Å². The molecule has 1 fully saturated rings. The third kappa shape index (κ3) is 7.40. The molecule has 0 amide bonds. The Morgan fingerprint density at radius 3 is 2.34 bits per heavy atom. The number of benzene rings is 2. The van der Waals surface area contributed by atoms with Crippen molar-refractivity contribution in [3.8, 4) is 11.3 Å². The Kier molecular flexibility index (Phi) is 9.35. The van der Waals surface area contributed by atoms with E-state index in [0.717, 1.165) is 47.9 Å². The highest BCUT2D eigenvalue weighted by atomic mass is 16.5. The van der Waals surface area contributed by atoms with Crippen LogP contribution >= 0.6 is 0 Å². The Labute approximate surface area is 209 Å². The summed E-state index contributed by atoms with van der Waals surface area (Å²) in [6, 6.07) is 20.3. The zero-order valence-corrected chi connectivity index (χ0v) is 21.1. The summed E-state index contributed by atoms with van der Waals surface area (Å²) >= 11 is 0.